The summed E-state index contributed by atoms with van der Waals surface area (Å²) in [6.07, 6.45) is 0. The van der Waals surface area contributed by atoms with Crippen LogP contribution < -0.4 is 10.1 Å². The van der Waals surface area contributed by atoms with Crippen molar-refractivity contribution in [2.24, 2.45) is 7.05 Å². The molecule has 0 saturated heterocycles. The van der Waals surface area contributed by atoms with Crippen molar-refractivity contribution >= 4 is 27.5 Å². The van der Waals surface area contributed by atoms with Gasteiger partial charge in [-0.05, 0) is 59.6 Å². The first-order chi connectivity index (χ1) is 12.5. The van der Waals surface area contributed by atoms with Gasteiger partial charge in [0.05, 0.1) is 21.5 Å². The smallest absolute Gasteiger partial charge is 0.255 e. The normalized spacial score (nSPS) is 10.6. The monoisotopic (exact) mass is 413 g/mol. The van der Waals surface area contributed by atoms with E-state index >= 15 is 0 Å². The maximum absolute atomic E-state index is 12.6. The molecule has 0 unspecified atom stereocenters. The zero-order valence-electron chi connectivity index (χ0n) is 14.9. The van der Waals surface area contributed by atoms with Crippen LogP contribution in [0.15, 0.2) is 53.0 Å². The molecular weight excluding hydrogens is 394 g/mol. The van der Waals surface area contributed by atoms with Crippen LogP contribution in [-0.4, -0.2) is 15.7 Å². The molecule has 3 rings (SSSR count). The minimum absolute atomic E-state index is 0.160. The Kier molecular flexibility index (Phi) is 5.42. The number of para-hydroxylation sites is 1. The van der Waals surface area contributed by atoms with E-state index in [4.69, 9.17) is 4.74 Å². The van der Waals surface area contributed by atoms with Crippen molar-refractivity contribution in [3.8, 4) is 5.75 Å². The second kappa shape index (κ2) is 7.74. The Morgan fingerprint density at radius 3 is 2.65 bits per heavy atom. The lowest BCUT2D eigenvalue weighted by atomic mass is 10.1. The largest absolute Gasteiger partial charge is 0.488 e. The Labute approximate surface area is 161 Å². The minimum atomic E-state index is -0.160. The summed E-state index contributed by atoms with van der Waals surface area (Å²) in [5.74, 6) is 0.607. The molecule has 3 aromatic rings. The average Bonchev–Trinajstić information content (AvgIpc) is 2.87. The van der Waals surface area contributed by atoms with Crippen molar-refractivity contribution in [3.05, 3.63) is 75.5 Å². The number of carbonyl (C=O) groups excluding carboxylic acids is 1. The van der Waals surface area contributed by atoms with Gasteiger partial charge in [0, 0.05) is 12.6 Å². The molecule has 0 aliphatic rings. The third-order valence-electron chi connectivity index (χ3n) is 4.17. The number of nitrogens with one attached hydrogen (secondary N) is 1. The van der Waals surface area contributed by atoms with Gasteiger partial charge < -0.3 is 10.1 Å². The first-order valence-corrected chi connectivity index (χ1v) is 9.03. The molecule has 2 aromatic carbocycles. The number of halogens is 1. The number of aryl methyl sites for hydroxylation is 2. The van der Waals surface area contributed by atoms with Crippen molar-refractivity contribution < 1.29 is 9.53 Å². The lowest BCUT2D eigenvalue weighted by Crippen LogP contribution is -2.13. The van der Waals surface area contributed by atoms with E-state index < -0.39 is 0 Å². The number of benzene rings is 2. The van der Waals surface area contributed by atoms with Gasteiger partial charge in [0.15, 0.2) is 0 Å². The molecule has 6 heteroatoms. The predicted molar refractivity (Wildman–Crippen MR) is 106 cm³/mol. The lowest BCUT2D eigenvalue weighted by molar-refractivity contribution is 0.102. The van der Waals surface area contributed by atoms with E-state index in [1.165, 1.54) is 0 Å². The summed E-state index contributed by atoms with van der Waals surface area (Å²) in [6, 6.07) is 15.1. The number of aromatic nitrogens is 2. The number of amides is 1. The molecule has 0 aliphatic carbocycles. The third-order valence-corrected chi connectivity index (χ3v) is 4.82. The number of hydrogen-bond acceptors (Lipinski definition) is 3. The molecule has 1 aromatic heterocycles. The molecule has 1 amide bonds. The summed E-state index contributed by atoms with van der Waals surface area (Å²) in [7, 11) is 1.86. The van der Waals surface area contributed by atoms with Gasteiger partial charge in [-0.15, -0.1) is 0 Å². The Morgan fingerprint density at radius 1 is 1.19 bits per heavy atom. The summed E-state index contributed by atoms with van der Waals surface area (Å²) in [5.41, 5.74) is 3.98. The van der Waals surface area contributed by atoms with E-state index in [1.807, 2.05) is 63.4 Å². The Bertz CT molecular complexity index is 950. The van der Waals surface area contributed by atoms with Crippen molar-refractivity contribution in [2.45, 2.75) is 20.5 Å². The highest BCUT2D eigenvalue weighted by atomic mass is 79.9. The van der Waals surface area contributed by atoms with Crippen LogP contribution in [0, 0.1) is 13.8 Å². The molecule has 0 aliphatic heterocycles. The zero-order chi connectivity index (χ0) is 18.7. The summed E-state index contributed by atoms with van der Waals surface area (Å²) in [4.78, 5) is 12.6. The van der Waals surface area contributed by atoms with Gasteiger partial charge in [-0.3, -0.25) is 9.48 Å². The fourth-order valence-electron chi connectivity index (χ4n) is 2.67. The molecule has 1 heterocycles. The Hall–Kier alpha value is -2.60. The van der Waals surface area contributed by atoms with Gasteiger partial charge in [-0.1, -0.05) is 24.3 Å². The highest BCUT2D eigenvalue weighted by Crippen LogP contribution is 2.25. The number of rotatable bonds is 5. The molecule has 0 spiro atoms. The number of anilines is 1. The number of nitrogens with zero attached hydrogens (tertiary/aromatic N) is 2. The lowest BCUT2D eigenvalue weighted by Gasteiger charge is -2.10. The molecule has 0 bridgehead atoms. The number of hydrogen-bond donors (Lipinski definition) is 1. The van der Waals surface area contributed by atoms with Gasteiger partial charge in [-0.25, -0.2) is 0 Å². The Balaban J connectivity index is 1.72. The van der Waals surface area contributed by atoms with Crippen LogP contribution in [0.2, 0.25) is 0 Å². The summed E-state index contributed by atoms with van der Waals surface area (Å²) in [5, 5.41) is 7.28. The van der Waals surface area contributed by atoms with Crippen LogP contribution in [0.3, 0.4) is 0 Å². The van der Waals surface area contributed by atoms with Gasteiger partial charge >= 0.3 is 0 Å². The quantitative estimate of drug-likeness (QED) is 0.662. The SMILES string of the molecule is Cc1nn(C)c(C)c1NC(=O)c1cccc(COc2ccccc2Br)c1. The molecule has 0 fully saturated rings. The maximum Gasteiger partial charge on any atom is 0.255 e. The standard InChI is InChI=1S/C20H20BrN3O2/c1-13-19(14(2)24(3)23-13)22-20(25)16-8-6-7-15(11-16)12-26-18-10-5-4-9-17(18)21/h4-11H,12H2,1-3H3,(H,22,25). The molecule has 0 radical (unpaired) electrons. The van der Waals surface area contributed by atoms with E-state index in [-0.39, 0.29) is 5.91 Å². The first kappa shape index (κ1) is 18.2. The molecule has 0 saturated carbocycles. The summed E-state index contributed by atoms with van der Waals surface area (Å²) < 4.78 is 8.48. The molecule has 134 valence electrons. The van der Waals surface area contributed by atoms with Crippen molar-refractivity contribution in [1.29, 1.82) is 0 Å². The van der Waals surface area contributed by atoms with E-state index in [1.54, 1.807) is 10.7 Å². The molecule has 0 atom stereocenters. The van der Waals surface area contributed by atoms with Gasteiger partial charge in [0.2, 0.25) is 0 Å². The number of carbonyl (C=O) groups is 1. The van der Waals surface area contributed by atoms with Crippen LogP contribution in [-0.2, 0) is 13.7 Å². The summed E-state index contributed by atoms with van der Waals surface area (Å²) in [6.45, 7) is 4.19. The fourth-order valence-corrected chi connectivity index (χ4v) is 3.06. The van der Waals surface area contributed by atoms with E-state index in [0.29, 0.717) is 12.2 Å². The second-order valence-corrected chi connectivity index (χ2v) is 6.90. The van der Waals surface area contributed by atoms with Crippen LogP contribution in [0.25, 0.3) is 0 Å². The van der Waals surface area contributed by atoms with Gasteiger partial charge in [-0.2, -0.15) is 5.10 Å². The molecule has 26 heavy (non-hydrogen) atoms. The van der Waals surface area contributed by atoms with Crippen LogP contribution in [0.4, 0.5) is 5.69 Å². The topological polar surface area (TPSA) is 56.2 Å². The Morgan fingerprint density at radius 2 is 1.96 bits per heavy atom. The highest BCUT2D eigenvalue weighted by molar-refractivity contribution is 9.10. The van der Waals surface area contributed by atoms with Crippen molar-refractivity contribution in [2.75, 3.05) is 5.32 Å². The van der Waals surface area contributed by atoms with Crippen molar-refractivity contribution in [3.63, 3.8) is 0 Å². The maximum atomic E-state index is 12.6. The van der Waals surface area contributed by atoms with Gasteiger partial charge in [0.25, 0.3) is 5.91 Å². The van der Waals surface area contributed by atoms with Gasteiger partial charge in [0.1, 0.15) is 12.4 Å². The van der Waals surface area contributed by atoms with Crippen LogP contribution >= 0.6 is 15.9 Å². The zero-order valence-corrected chi connectivity index (χ0v) is 16.5. The van der Waals surface area contributed by atoms with Crippen molar-refractivity contribution in [1.82, 2.24) is 9.78 Å². The minimum Gasteiger partial charge on any atom is -0.488 e. The number of ether oxygens (including phenoxy) is 1. The third kappa shape index (κ3) is 3.96. The molecular formula is C20H20BrN3O2. The predicted octanol–water partition coefficient (Wildman–Crippen LogP) is 4.63. The van der Waals surface area contributed by atoms with E-state index in [0.717, 1.165) is 32.9 Å². The molecule has 5 nitrogen and oxygen atoms in total. The molecule has 1 N–H and O–H groups in total. The highest BCUT2D eigenvalue weighted by Gasteiger charge is 2.14. The van der Waals surface area contributed by atoms with Crippen LogP contribution in [0.1, 0.15) is 27.3 Å². The second-order valence-electron chi connectivity index (χ2n) is 6.04. The van der Waals surface area contributed by atoms with E-state index in [2.05, 4.69) is 26.3 Å². The average molecular weight is 414 g/mol. The van der Waals surface area contributed by atoms with Crippen LogP contribution in [0.5, 0.6) is 5.75 Å². The van der Waals surface area contributed by atoms with E-state index in [9.17, 15) is 4.79 Å². The summed E-state index contributed by atoms with van der Waals surface area (Å²) >= 11 is 3.46. The first-order valence-electron chi connectivity index (χ1n) is 8.23. The fraction of sp³-hybridized carbons (Fsp3) is 0.200.